The fourth-order valence-electron chi connectivity index (χ4n) is 3.95. The Kier molecular flexibility index (Phi) is 6.21. The second-order valence-corrected chi connectivity index (χ2v) is 8.38. The number of nitrogens with zero attached hydrogens (tertiary/aromatic N) is 5. The van der Waals surface area contributed by atoms with Crippen molar-refractivity contribution < 1.29 is 4.79 Å². The molecule has 0 aliphatic rings. The number of aromatic nitrogens is 6. The van der Waals surface area contributed by atoms with E-state index >= 15 is 0 Å². The highest BCUT2D eigenvalue weighted by Crippen LogP contribution is 2.26. The molecule has 0 aliphatic heterocycles. The lowest BCUT2D eigenvalue weighted by Gasteiger charge is -2.21. The maximum Gasteiger partial charge on any atom is 0.319 e. The maximum absolute atomic E-state index is 13.8. The lowest BCUT2D eigenvalue weighted by molar-refractivity contribution is 0.252. The second-order valence-electron chi connectivity index (χ2n) is 7.97. The SMILES string of the molecule is CCNC(=O)Nc1cccc(-n2c(C(C)Nc3ncnc4nc[nH]c34)nc3cccc(Cl)c3c2=O)c1. The van der Waals surface area contributed by atoms with Gasteiger partial charge < -0.3 is 20.9 Å². The van der Waals surface area contributed by atoms with Crippen LogP contribution in [-0.4, -0.2) is 42.1 Å². The van der Waals surface area contributed by atoms with E-state index in [9.17, 15) is 9.59 Å². The van der Waals surface area contributed by atoms with E-state index in [4.69, 9.17) is 16.6 Å². The Morgan fingerprint density at radius 1 is 1.17 bits per heavy atom. The first-order valence-electron chi connectivity index (χ1n) is 11.2. The molecule has 3 heterocycles. The number of aromatic amines is 1. The molecule has 0 spiro atoms. The van der Waals surface area contributed by atoms with Crippen molar-refractivity contribution in [3.8, 4) is 5.69 Å². The summed E-state index contributed by atoms with van der Waals surface area (Å²) < 4.78 is 1.49. The first kappa shape index (κ1) is 23.2. The highest BCUT2D eigenvalue weighted by atomic mass is 35.5. The molecule has 4 N–H and O–H groups in total. The van der Waals surface area contributed by atoms with Crippen molar-refractivity contribution >= 4 is 51.2 Å². The fraction of sp³-hybridized carbons (Fsp3) is 0.167. The van der Waals surface area contributed by atoms with E-state index in [1.807, 2.05) is 13.8 Å². The molecule has 3 aromatic heterocycles. The van der Waals surface area contributed by atoms with Gasteiger partial charge in [0.25, 0.3) is 5.56 Å². The van der Waals surface area contributed by atoms with Gasteiger partial charge in [-0.15, -0.1) is 0 Å². The first-order valence-corrected chi connectivity index (χ1v) is 11.6. The van der Waals surface area contributed by atoms with Crippen LogP contribution in [-0.2, 0) is 0 Å². The van der Waals surface area contributed by atoms with Gasteiger partial charge in [-0.2, -0.15) is 0 Å². The molecule has 2 amide bonds. The van der Waals surface area contributed by atoms with Crippen LogP contribution in [0.1, 0.15) is 25.7 Å². The molecule has 5 rings (SSSR count). The zero-order valence-corrected chi connectivity index (χ0v) is 20.2. The number of carbonyl (C=O) groups excluding carboxylic acids is 1. The Hall–Kier alpha value is -4.51. The molecule has 0 saturated carbocycles. The average Bonchev–Trinajstić information content (AvgIpc) is 3.34. The highest BCUT2D eigenvalue weighted by molar-refractivity contribution is 6.35. The minimum Gasteiger partial charge on any atom is -0.358 e. The summed E-state index contributed by atoms with van der Waals surface area (Å²) in [5, 5.41) is 9.37. The van der Waals surface area contributed by atoms with Crippen molar-refractivity contribution in [1.82, 2.24) is 34.8 Å². The van der Waals surface area contributed by atoms with Crippen molar-refractivity contribution in [3.63, 3.8) is 0 Å². The number of hydrogen-bond donors (Lipinski definition) is 4. The number of nitrogens with one attached hydrogen (secondary N) is 4. The number of hydrogen-bond acceptors (Lipinski definition) is 7. The molecule has 0 bridgehead atoms. The predicted molar refractivity (Wildman–Crippen MR) is 139 cm³/mol. The van der Waals surface area contributed by atoms with Crippen LogP contribution in [0, 0.1) is 0 Å². The number of urea groups is 1. The Bertz CT molecular complexity index is 1650. The molecule has 36 heavy (non-hydrogen) atoms. The topological polar surface area (TPSA) is 143 Å². The number of carbonyl (C=O) groups is 1. The van der Waals surface area contributed by atoms with Gasteiger partial charge >= 0.3 is 6.03 Å². The summed E-state index contributed by atoms with van der Waals surface area (Å²) in [6.07, 6.45) is 2.95. The molecule has 5 aromatic rings. The second kappa shape index (κ2) is 9.62. The predicted octanol–water partition coefficient (Wildman–Crippen LogP) is 4.02. The van der Waals surface area contributed by atoms with E-state index in [2.05, 4.69) is 35.9 Å². The van der Waals surface area contributed by atoms with Gasteiger partial charge in [-0.3, -0.25) is 9.36 Å². The molecule has 0 saturated heterocycles. The third-order valence-electron chi connectivity index (χ3n) is 5.54. The van der Waals surface area contributed by atoms with Crippen molar-refractivity contribution in [2.75, 3.05) is 17.2 Å². The lowest BCUT2D eigenvalue weighted by Crippen LogP contribution is -2.29. The number of fused-ring (bicyclic) bond motifs is 2. The van der Waals surface area contributed by atoms with E-state index in [0.29, 0.717) is 56.7 Å². The molecule has 12 heteroatoms. The molecule has 182 valence electrons. The van der Waals surface area contributed by atoms with Gasteiger partial charge in [-0.1, -0.05) is 23.7 Å². The molecule has 0 fully saturated rings. The third-order valence-corrected chi connectivity index (χ3v) is 5.85. The van der Waals surface area contributed by atoms with Crippen LogP contribution in [0.2, 0.25) is 5.02 Å². The largest absolute Gasteiger partial charge is 0.358 e. The summed E-state index contributed by atoms with van der Waals surface area (Å²) in [7, 11) is 0. The van der Waals surface area contributed by atoms with E-state index in [1.165, 1.54) is 17.2 Å². The van der Waals surface area contributed by atoms with Crippen LogP contribution in [0.3, 0.4) is 0 Å². The van der Waals surface area contributed by atoms with Gasteiger partial charge in [-0.25, -0.2) is 24.7 Å². The number of rotatable bonds is 6. The number of imidazole rings is 1. The Labute approximate surface area is 210 Å². The minimum atomic E-state index is -0.470. The summed E-state index contributed by atoms with van der Waals surface area (Å²) >= 11 is 6.41. The van der Waals surface area contributed by atoms with E-state index in [1.54, 1.807) is 42.5 Å². The van der Waals surface area contributed by atoms with Crippen LogP contribution in [0.4, 0.5) is 16.3 Å². The lowest BCUT2D eigenvalue weighted by atomic mass is 10.2. The molecule has 1 unspecified atom stereocenters. The Balaban J connectivity index is 1.65. The van der Waals surface area contributed by atoms with E-state index in [-0.39, 0.29) is 11.6 Å². The van der Waals surface area contributed by atoms with Gasteiger partial charge in [0, 0.05) is 12.2 Å². The highest BCUT2D eigenvalue weighted by Gasteiger charge is 2.21. The number of halogens is 1. The average molecular weight is 504 g/mol. The van der Waals surface area contributed by atoms with Crippen LogP contribution < -0.4 is 21.5 Å². The molecule has 0 aliphatic carbocycles. The summed E-state index contributed by atoms with van der Waals surface area (Å²) in [5.41, 5.74) is 2.32. The zero-order valence-electron chi connectivity index (χ0n) is 19.4. The third kappa shape index (κ3) is 4.31. The summed E-state index contributed by atoms with van der Waals surface area (Å²) in [4.78, 5) is 46.3. The van der Waals surface area contributed by atoms with Crippen LogP contribution in [0.5, 0.6) is 0 Å². The zero-order chi connectivity index (χ0) is 25.2. The Morgan fingerprint density at radius 2 is 2.00 bits per heavy atom. The normalized spacial score (nSPS) is 12.0. The van der Waals surface area contributed by atoms with Gasteiger partial charge in [-0.05, 0) is 44.2 Å². The van der Waals surface area contributed by atoms with Crippen LogP contribution >= 0.6 is 11.6 Å². The van der Waals surface area contributed by atoms with Gasteiger partial charge in [0.1, 0.15) is 17.7 Å². The van der Waals surface area contributed by atoms with Crippen LogP contribution in [0.25, 0.3) is 27.8 Å². The molecule has 1 atom stereocenters. The number of H-pyrrole nitrogens is 1. The van der Waals surface area contributed by atoms with E-state index in [0.717, 1.165) is 0 Å². The number of amides is 2. The first-order chi connectivity index (χ1) is 17.5. The van der Waals surface area contributed by atoms with Crippen molar-refractivity contribution in [2.24, 2.45) is 0 Å². The smallest absolute Gasteiger partial charge is 0.319 e. The van der Waals surface area contributed by atoms with Gasteiger partial charge in [0.05, 0.1) is 34.0 Å². The van der Waals surface area contributed by atoms with Gasteiger partial charge in [0.15, 0.2) is 11.5 Å². The van der Waals surface area contributed by atoms with Crippen molar-refractivity contribution in [2.45, 2.75) is 19.9 Å². The Morgan fingerprint density at radius 3 is 2.83 bits per heavy atom. The number of benzene rings is 2. The molecule has 0 radical (unpaired) electrons. The fourth-order valence-corrected chi connectivity index (χ4v) is 4.20. The number of anilines is 2. The summed E-state index contributed by atoms with van der Waals surface area (Å²) in [5.74, 6) is 0.944. The quantitative estimate of drug-likeness (QED) is 0.274. The summed E-state index contributed by atoms with van der Waals surface area (Å²) in [6, 6.07) is 11.3. The summed E-state index contributed by atoms with van der Waals surface area (Å²) in [6.45, 7) is 4.18. The minimum absolute atomic E-state index is 0.301. The van der Waals surface area contributed by atoms with Crippen LogP contribution in [0.15, 0.2) is 59.9 Å². The van der Waals surface area contributed by atoms with Crippen molar-refractivity contribution in [1.29, 1.82) is 0 Å². The molecule has 2 aromatic carbocycles. The standard InChI is InChI=1S/C24H22ClN9O2/c1-3-26-24(36)32-14-6-4-7-15(10-14)34-22(33-17-9-5-8-16(25)18(17)23(34)35)13(2)31-21-19-20(28-11-27-19)29-12-30-21/h4-13H,3H2,1-2H3,(H2,26,32,36)(H2,27,28,29,30,31). The van der Waals surface area contributed by atoms with Gasteiger partial charge in [0.2, 0.25) is 0 Å². The molecule has 11 nitrogen and oxygen atoms in total. The van der Waals surface area contributed by atoms with Crippen molar-refractivity contribution in [3.05, 3.63) is 76.3 Å². The van der Waals surface area contributed by atoms with E-state index < -0.39 is 6.04 Å². The monoisotopic (exact) mass is 503 g/mol. The molecular formula is C24H22ClN9O2. The molecular weight excluding hydrogens is 482 g/mol. The maximum atomic E-state index is 13.8.